The largest absolute Gasteiger partial charge is 0.338 e. The van der Waals surface area contributed by atoms with Gasteiger partial charge in [-0.3, -0.25) is 19.7 Å². The first kappa shape index (κ1) is 21.5. The first-order chi connectivity index (χ1) is 14.5. The third-order valence-corrected chi connectivity index (χ3v) is 5.44. The Kier molecular flexibility index (Phi) is 7.18. The third kappa shape index (κ3) is 5.04. The molecular weight excluding hydrogens is 400 g/mol. The molecule has 1 aromatic carbocycles. The molecule has 8 nitrogen and oxygen atoms in total. The summed E-state index contributed by atoms with van der Waals surface area (Å²) in [6.07, 6.45) is 4.34. The number of carbonyl (C=O) groups is 2. The molecule has 3 aromatic rings. The van der Waals surface area contributed by atoms with Crippen LogP contribution in [0.1, 0.15) is 26.3 Å². The number of nitrogens with one attached hydrogen (secondary N) is 2. The van der Waals surface area contributed by atoms with Crippen LogP contribution in [0, 0.1) is 0 Å². The fourth-order valence-corrected chi connectivity index (χ4v) is 3.65. The van der Waals surface area contributed by atoms with Crippen molar-refractivity contribution in [2.75, 3.05) is 6.54 Å². The maximum Gasteiger partial charge on any atom is 0.321 e. The van der Waals surface area contributed by atoms with E-state index < -0.39 is 17.2 Å². The number of aromatic nitrogens is 4. The summed E-state index contributed by atoms with van der Waals surface area (Å²) in [5.41, 5.74) is 2.98. The molecule has 2 heterocycles. The molecule has 2 N–H and O–H groups in total. The summed E-state index contributed by atoms with van der Waals surface area (Å²) in [5, 5.41) is 13.6. The first-order valence-electron chi connectivity index (χ1n) is 9.74. The van der Waals surface area contributed by atoms with Crippen LogP contribution in [0.25, 0.3) is 17.1 Å². The van der Waals surface area contributed by atoms with Crippen molar-refractivity contribution >= 4 is 23.7 Å². The Labute approximate surface area is 179 Å². The molecule has 0 saturated carbocycles. The molecule has 0 radical (unpaired) electrons. The molecule has 30 heavy (non-hydrogen) atoms. The second-order valence-electron chi connectivity index (χ2n) is 6.51. The van der Waals surface area contributed by atoms with E-state index in [-0.39, 0.29) is 0 Å². The molecule has 156 valence electrons. The van der Waals surface area contributed by atoms with Gasteiger partial charge < -0.3 is 5.32 Å². The lowest BCUT2D eigenvalue weighted by Gasteiger charge is -2.14. The van der Waals surface area contributed by atoms with Gasteiger partial charge in [0.05, 0.1) is 5.25 Å². The number of imide groups is 1. The monoisotopic (exact) mass is 424 g/mol. The maximum atomic E-state index is 12.4. The van der Waals surface area contributed by atoms with Crippen LogP contribution in [-0.2, 0) is 11.2 Å². The van der Waals surface area contributed by atoms with Crippen molar-refractivity contribution in [2.45, 2.75) is 37.6 Å². The molecule has 3 amide bonds. The van der Waals surface area contributed by atoms with Gasteiger partial charge in [-0.25, -0.2) is 4.79 Å². The van der Waals surface area contributed by atoms with Crippen molar-refractivity contribution in [3.8, 4) is 17.1 Å². The number of amides is 3. The van der Waals surface area contributed by atoms with Gasteiger partial charge in [0.15, 0.2) is 11.0 Å². The molecule has 0 aliphatic carbocycles. The number of aryl methyl sites for hydroxylation is 1. The smallest absolute Gasteiger partial charge is 0.321 e. The second-order valence-corrected chi connectivity index (χ2v) is 7.81. The Balaban J connectivity index is 1.93. The van der Waals surface area contributed by atoms with Gasteiger partial charge >= 0.3 is 6.03 Å². The van der Waals surface area contributed by atoms with E-state index in [0.29, 0.717) is 17.5 Å². The van der Waals surface area contributed by atoms with E-state index in [4.69, 9.17) is 0 Å². The van der Waals surface area contributed by atoms with E-state index >= 15 is 0 Å². The number of hydrogen-bond acceptors (Lipinski definition) is 6. The van der Waals surface area contributed by atoms with Crippen LogP contribution >= 0.6 is 11.8 Å². The fourth-order valence-electron chi connectivity index (χ4n) is 2.78. The zero-order chi connectivity index (χ0) is 21.5. The van der Waals surface area contributed by atoms with Crippen molar-refractivity contribution in [2.24, 2.45) is 0 Å². The summed E-state index contributed by atoms with van der Waals surface area (Å²) < 4.78 is 1.91. The molecule has 0 saturated heterocycles. The van der Waals surface area contributed by atoms with Crippen LogP contribution in [-0.4, -0.2) is 43.5 Å². The van der Waals surface area contributed by atoms with Gasteiger partial charge in [0.2, 0.25) is 5.91 Å². The summed E-state index contributed by atoms with van der Waals surface area (Å²) in [6.45, 7) is 6.06. The molecule has 1 unspecified atom stereocenters. The lowest BCUT2D eigenvalue weighted by Crippen LogP contribution is -2.42. The zero-order valence-electron chi connectivity index (χ0n) is 17.1. The van der Waals surface area contributed by atoms with E-state index in [0.717, 1.165) is 17.7 Å². The third-order valence-electron chi connectivity index (χ3n) is 4.40. The topological polar surface area (TPSA) is 102 Å². The van der Waals surface area contributed by atoms with Gasteiger partial charge in [-0.15, -0.1) is 10.2 Å². The van der Waals surface area contributed by atoms with E-state index in [1.54, 1.807) is 26.2 Å². The number of pyridine rings is 1. The van der Waals surface area contributed by atoms with Gasteiger partial charge in [0, 0.05) is 30.2 Å². The summed E-state index contributed by atoms with van der Waals surface area (Å²) in [6, 6.07) is 11.4. The molecule has 0 bridgehead atoms. The lowest BCUT2D eigenvalue weighted by atomic mass is 10.1. The van der Waals surface area contributed by atoms with Crippen molar-refractivity contribution in [3.05, 3.63) is 54.4 Å². The summed E-state index contributed by atoms with van der Waals surface area (Å²) in [7, 11) is 0. The number of benzene rings is 1. The fraction of sp³-hybridized carbons (Fsp3) is 0.286. The molecule has 2 aromatic heterocycles. The number of urea groups is 1. The first-order valence-corrected chi connectivity index (χ1v) is 10.6. The van der Waals surface area contributed by atoms with Crippen molar-refractivity contribution in [3.63, 3.8) is 0 Å². The van der Waals surface area contributed by atoms with Crippen molar-refractivity contribution in [1.29, 1.82) is 0 Å². The highest BCUT2D eigenvalue weighted by molar-refractivity contribution is 8.00. The Hall–Kier alpha value is -3.20. The average Bonchev–Trinajstić information content (AvgIpc) is 3.18. The highest BCUT2D eigenvalue weighted by atomic mass is 32.2. The summed E-state index contributed by atoms with van der Waals surface area (Å²) >= 11 is 1.24. The molecule has 0 fully saturated rings. The summed E-state index contributed by atoms with van der Waals surface area (Å²) in [4.78, 5) is 28.1. The number of thioether (sulfide) groups is 1. The SMILES string of the molecule is CCNC(=O)NC(=O)C(C)Sc1nnc(-c2ccncc2)n1-c1ccc(CC)cc1. The van der Waals surface area contributed by atoms with E-state index in [1.165, 1.54) is 17.3 Å². The molecular formula is C21H24N6O2S. The van der Waals surface area contributed by atoms with Crippen LogP contribution in [0.4, 0.5) is 4.79 Å². The molecule has 3 rings (SSSR count). The normalized spacial score (nSPS) is 11.7. The van der Waals surface area contributed by atoms with Gasteiger partial charge in [0.25, 0.3) is 0 Å². The Morgan fingerprint density at radius 1 is 1.07 bits per heavy atom. The van der Waals surface area contributed by atoms with Gasteiger partial charge in [-0.1, -0.05) is 30.8 Å². The minimum absolute atomic E-state index is 0.396. The van der Waals surface area contributed by atoms with Gasteiger partial charge in [-0.05, 0) is 50.1 Å². The second kappa shape index (κ2) is 10.0. The van der Waals surface area contributed by atoms with Crippen LogP contribution in [0.2, 0.25) is 0 Å². The molecule has 1 atom stereocenters. The van der Waals surface area contributed by atoms with Gasteiger partial charge in [-0.2, -0.15) is 0 Å². The molecule has 9 heteroatoms. The lowest BCUT2D eigenvalue weighted by molar-refractivity contribution is -0.119. The minimum Gasteiger partial charge on any atom is -0.338 e. The van der Waals surface area contributed by atoms with Crippen LogP contribution in [0.5, 0.6) is 0 Å². The predicted octanol–water partition coefficient (Wildman–Crippen LogP) is 3.22. The highest BCUT2D eigenvalue weighted by Gasteiger charge is 2.23. The van der Waals surface area contributed by atoms with Crippen molar-refractivity contribution < 1.29 is 9.59 Å². The average molecular weight is 425 g/mol. The van der Waals surface area contributed by atoms with E-state index in [1.807, 2.05) is 28.8 Å². The highest BCUT2D eigenvalue weighted by Crippen LogP contribution is 2.30. The zero-order valence-corrected chi connectivity index (χ0v) is 17.9. The van der Waals surface area contributed by atoms with Crippen LogP contribution in [0.3, 0.4) is 0 Å². The summed E-state index contributed by atoms with van der Waals surface area (Å²) in [5.74, 6) is 0.257. The number of hydrogen-bond donors (Lipinski definition) is 2. The van der Waals surface area contributed by atoms with E-state index in [2.05, 4.69) is 44.9 Å². The quantitative estimate of drug-likeness (QED) is 0.565. The predicted molar refractivity (Wildman–Crippen MR) is 117 cm³/mol. The Bertz CT molecular complexity index is 1000. The molecule has 0 spiro atoms. The molecule has 0 aliphatic heterocycles. The van der Waals surface area contributed by atoms with E-state index in [9.17, 15) is 9.59 Å². The van der Waals surface area contributed by atoms with Crippen LogP contribution < -0.4 is 10.6 Å². The van der Waals surface area contributed by atoms with Gasteiger partial charge in [0.1, 0.15) is 0 Å². The molecule has 0 aliphatic rings. The Morgan fingerprint density at radius 2 is 1.77 bits per heavy atom. The van der Waals surface area contributed by atoms with Crippen LogP contribution in [0.15, 0.2) is 53.9 Å². The Morgan fingerprint density at radius 3 is 2.40 bits per heavy atom. The van der Waals surface area contributed by atoms with Crippen molar-refractivity contribution in [1.82, 2.24) is 30.4 Å². The standard InChI is InChI=1S/C21H24N6O2S/c1-4-15-6-8-17(9-7-15)27-18(16-10-12-22-13-11-16)25-26-21(27)30-14(3)19(28)24-20(29)23-5-2/h6-14H,4-5H2,1-3H3,(H2,23,24,28,29). The number of nitrogens with zero attached hydrogens (tertiary/aromatic N) is 4. The number of carbonyl (C=O) groups excluding carboxylic acids is 2. The minimum atomic E-state index is -0.546. The maximum absolute atomic E-state index is 12.4. The number of rotatable bonds is 7.